The van der Waals surface area contributed by atoms with Crippen molar-refractivity contribution < 1.29 is 32.5 Å². The van der Waals surface area contributed by atoms with E-state index in [0.29, 0.717) is 0 Å². The second-order valence-electron chi connectivity index (χ2n) is 0.224. The van der Waals surface area contributed by atoms with Gasteiger partial charge in [-0.1, -0.05) is 0 Å². The maximum absolute atomic E-state index is 8.56. The Labute approximate surface area is 40.3 Å². The first-order chi connectivity index (χ1) is 2.73. The van der Waals surface area contributed by atoms with E-state index in [1.54, 1.807) is 0 Å². The molecule has 38 valence electrons. The summed E-state index contributed by atoms with van der Waals surface area (Å²) in [5.41, 5.74) is 3.00. The van der Waals surface area contributed by atoms with E-state index in [2.05, 4.69) is 12.8 Å². The number of rotatable bonds is 0. The summed E-state index contributed by atoms with van der Waals surface area (Å²) in [5, 5.41) is 0. The molecule has 5 heteroatoms. The van der Waals surface area contributed by atoms with Gasteiger partial charge in [-0.3, -0.25) is 0 Å². The molecule has 0 aliphatic heterocycles. The van der Waals surface area contributed by atoms with E-state index < -0.39 is 15.4 Å². The molecular weight excluding hydrogens is 125 g/mol. The van der Waals surface area contributed by atoms with Crippen LogP contribution in [0, 0.1) is 7.05 Å². The summed E-state index contributed by atoms with van der Waals surface area (Å²) in [6.45, 7) is 0. The molecule has 0 radical (unpaired) electrons. The zero-order valence-corrected chi connectivity index (χ0v) is 4.48. The second kappa shape index (κ2) is 8.92. The standard InChI is InChI=1S/CH5N.3O.V/c1-2;;;;/h1H2,2H3;;;;/q;;;-1;. The van der Waals surface area contributed by atoms with Crippen LogP contribution in [0.3, 0.4) is 0 Å². The Morgan fingerprint density at radius 3 is 1.50 bits per heavy atom. The third kappa shape index (κ3) is 3630. The summed E-state index contributed by atoms with van der Waals surface area (Å²) in [6.07, 6.45) is 0. The van der Waals surface area contributed by atoms with Crippen molar-refractivity contribution in [3.8, 4) is 0 Å². The average molecular weight is 130 g/mol. The maximum atomic E-state index is 8.56. The number of hydrogen-bond acceptors (Lipinski definition) is 3. The summed E-state index contributed by atoms with van der Waals surface area (Å²) >= 11 is -3.94. The van der Waals surface area contributed by atoms with Crippen LogP contribution < -0.4 is 9.77 Å². The Balaban J connectivity index is 0. The molecule has 0 aromatic carbocycles. The van der Waals surface area contributed by atoms with Crippen molar-refractivity contribution in [1.82, 2.24) is 0 Å². The first kappa shape index (κ1) is 9.44. The van der Waals surface area contributed by atoms with E-state index in [1.165, 1.54) is 0 Å². The molecule has 0 amide bonds. The first-order valence-electron chi connectivity index (χ1n) is 1.05. The Hall–Kier alpha value is 0.104. The van der Waals surface area contributed by atoms with Crippen LogP contribution in [0.5, 0.6) is 0 Å². The molecule has 0 unspecified atom stereocenters. The van der Waals surface area contributed by atoms with Crippen molar-refractivity contribution in [2.75, 3.05) is 0 Å². The minimum absolute atomic E-state index is 3.00. The molecule has 0 rings (SSSR count). The molecule has 0 atom stereocenters. The molecule has 0 fully saturated rings. The van der Waals surface area contributed by atoms with E-state index in [0.717, 1.165) is 0 Å². The summed E-state index contributed by atoms with van der Waals surface area (Å²) in [6, 6.07) is 0. The van der Waals surface area contributed by atoms with Gasteiger partial charge in [0.15, 0.2) is 0 Å². The minimum atomic E-state index is -3.94. The normalized spacial score (nSPS) is 5.17. The van der Waals surface area contributed by atoms with Crippen molar-refractivity contribution >= 4 is 0 Å². The number of hydrogen-bond donors (Lipinski definition) is 1. The van der Waals surface area contributed by atoms with Crippen LogP contribution in [0.25, 0.3) is 0 Å². The van der Waals surface area contributed by atoms with Crippen molar-refractivity contribution in [2.45, 2.75) is 0 Å². The second-order valence-corrected chi connectivity index (χ2v) is 0.922. The van der Waals surface area contributed by atoms with E-state index in [9.17, 15) is 0 Å². The average Bonchev–Trinajstić information content (AvgIpc) is 1.41. The van der Waals surface area contributed by atoms with Gasteiger partial charge in [0.2, 0.25) is 0 Å². The molecule has 0 aliphatic carbocycles. The first-order valence-corrected chi connectivity index (χ1v) is 2.76. The van der Waals surface area contributed by atoms with Crippen LogP contribution in [-0.2, 0) is 22.7 Å². The van der Waals surface area contributed by atoms with E-state index >= 15 is 0 Å². The molecule has 0 aromatic heterocycles. The summed E-state index contributed by atoms with van der Waals surface area (Å²) < 4.78 is 25.7. The fourth-order valence-corrected chi connectivity index (χ4v) is 0. The van der Waals surface area contributed by atoms with Crippen LogP contribution in [-0.4, -0.2) is 0 Å². The van der Waals surface area contributed by atoms with Gasteiger partial charge in [-0.25, -0.2) is 0 Å². The van der Waals surface area contributed by atoms with Crippen molar-refractivity contribution in [1.29, 1.82) is 0 Å². The van der Waals surface area contributed by atoms with Crippen LogP contribution in [0.4, 0.5) is 0 Å². The Morgan fingerprint density at radius 2 is 1.50 bits per heavy atom. The van der Waals surface area contributed by atoms with Gasteiger partial charge in [0.05, 0.1) is 0 Å². The fourth-order valence-electron chi connectivity index (χ4n) is 0. The SMILES string of the molecule is [CH2-][NH3+].[O]=[V](=[O])[O-]. The van der Waals surface area contributed by atoms with Gasteiger partial charge < -0.3 is 5.73 Å². The zero-order chi connectivity index (χ0) is 5.58. The molecule has 4 nitrogen and oxygen atoms in total. The predicted octanol–water partition coefficient (Wildman–Crippen LogP) is -2.41. The summed E-state index contributed by atoms with van der Waals surface area (Å²) in [4.78, 5) is 0. The monoisotopic (exact) mass is 130 g/mol. The summed E-state index contributed by atoms with van der Waals surface area (Å²) in [5.74, 6) is 0. The van der Waals surface area contributed by atoms with Gasteiger partial charge >= 0.3 is 26.8 Å². The molecule has 0 saturated heterocycles. The molecule has 0 spiro atoms. The third-order valence-corrected chi connectivity index (χ3v) is 0. The van der Waals surface area contributed by atoms with Gasteiger partial charge in [-0.15, -0.1) is 0 Å². The Bertz CT molecular complexity index is 59.2. The fraction of sp³-hybridized carbons (Fsp3) is 0. The number of quaternary nitrogens is 1. The molecule has 0 bridgehead atoms. The van der Waals surface area contributed by atoms with Gasteiger partial charge in [0, 0.05) is 0 Å². The molecule has 3 N–H and O–H groups in total. The van der Waals surface area contributed by atoms with Gasteiger partial charge in [0.25, 0.3) is 0 Å². The van der Waals surface area contributed by atoms with Crippen LogP contribution in [0.15, 0.2) is 0 Å². The van der Waals surface area contributed by atoms with Gasteiger partial charge in [-0.05, 0) is 0 Å². The molecular formula is CH5NO3V-. The van der Waals surface area contributed by atoms with E-state index in [-0.39, 0.29) is 0 Å². The van der Waals surface area contributed by atoms with Crippen molar-refractivity contribution in [3.05, 3.63) is 7.05 Å². The third-order valence-electron chi connectivity index (χ3n) is 0. The van der Waals surface area contributed by atoms with Gasteiger partial charge in [-0.2, -0.15) is 7.05 Å². The Morgan fingerprint density at radius 1 is 1.50 bits per heavy atom. The Kier molecular flexibility index (Phi) is 14.0. The summed E-state index contributed by atoms with van der Waals surface area (Å²) in [7, 11) is 3.00. The van der Waals surface area contributed by atoms with Crippen LogP contribution in [0.2, 0.25) is 0 Å². The molecule has 0 saturated carbocycles. The topological polar surface area (TPSA) is 84.8 Å². The van der Waals surface area contributed by atoms with Crippen LogP contribution in [0.1, 0.15) is 0 Å². The van der Waals surface area contributed by atoms with Crippen LogP contribution >= 0.6 is 0 Å². The molecule has 0 aliphatic rings. The van der Waals surface area contributed by atoms with E-state index in [4.69, 9.17) is 11.4 Å². The van der Waals surface area contributed by atoms with Crippen molar-refractivity contribution in [2.24, 2.45) is 0 Å². The molecule has 6 heavy (non-hydrogen) atoms. The quantitative estimate of drug-likeness (QED) is 0.370. The van der Waals surface area contributed by atoms with E-state index in [1.807, 2.05) is 0 Å². The van der Waals surface area contributed by atoms with Crippen molar-refractivity contribution in [3.63, 3.8) is 0 Å². The predicted molar refractivity (Wildman–Crippen MR) is 9.62 cm³/mol. The molecule has 0 heterocycles. The molecule has 0 aromatic rings. The zero-order valence-electron chi connectivity index (χ0n) is 3.09. The van der Waals surface area contributed by atoms with Gasteiger partial charge in [0.1, 0.15) is 0 Å².